The fraction of sp³-hybridized carbons (Fsp3) is 0.250. The number of nitrogens with zero attached hydrogens (tertiary/aromatic N) is 1. The van der Waals surface area contributed by atoms with Crippen LogP contribution in [-0.2, 0) is 12.4 Å². The van der Waals surface area contributed by atoms with Crippen LogP contribution >= 0.6 is 39.0 Å². The number of benzene rings is 1. The topological polar surface area (TPSA) is 33.1 Å². The molecule has 1 aromatic heterocycles. The maximum absolute atomic E-state index is 11.0. The molecule has 0 atom stereocenters. The van der Waals surface area contributed by atoms with Crippen molar-refractivity contribution >= 4 is 44.6 Å². The molecule has 2 aromatic rings. The van der Waals surface area contributed by atoms with Crippen LogP contribution in [0.2, 0.25) is 0 Å². The first-order valence-electron chi connectivity index (χ1n) is 8.15. The number of hydrogen-bond acceptors (Lipinski definition) is 4. The van der Waals surface area contributed by atoms with E-state index in [1.54, 1.807) is 29.2 Å². The molecule has 8 heteroatoms. The number of aromatic nitrogens is 1. The van der Waals surface area contributed by atoms with E-state index in [-0.39, 0.29) is 6.61 Å². The van der Waals surface area contributed by atoms with E-state index in [0.29, 0.717) is 0 Å². The molecule has 152 valence electrons. The molecule has 0 radical (unpaired) electrons. The van der Waals surface area contributed by atoms with Crippen molar-refractivity contribution in [2.24, 2.45) is 0 Å². The molecular formula is C20H21BrF3NOS2. The number of rotatable bonds is 7. The minimum absolute atomic E-state index is 0.0370. The van der Waals surface area contributed by atoms with Crippen LogP contribution in [-0.4, -0.2) is 16.3 Å². The lowest BCUT2D eigenvalue weighted by Crippen LogP contribution is -2.03. The molecule has 0 fully saturated rings. The highest BCUT2D eigenvalue weighted by Gasteiger charge is 2.23. The Balaban J connectivity index is 0.000000480. The van der Waals surface area contributed by atoms with Gasteiger partial charge in [0.2, 0.25) is 0 Å². The maximum atomic E-state index is 11.0. The quantitative estimate of drug-likeness (QED) is 0.248. The molecular weight excluding hydrogens is 471 g/mol. The van der Waals surface area contributed by atoms with Crippen molar-refractivity contribution in [2.45, 2.75) is 36.8 Å². The first-order valence-corrected chi connectivity index (χ1v) is 10.7. The zero-order valence-corrected chi connectivity index (χ0v) is 18.5. The highest BCUT2D eigenvalue weighted by molar-refractivity contribution is 9.10. The lowest BCUT2D eigenvalue weighted by atomic mass is 10.3. The summed E-state index contributed by atoms with van der Waals surface area (Å²) >= 11 is 6.70. The van der Waals surface area contributed by atoms with E-state index in [9.17, 15) is 18.3 Å². The molecule has 1 aromatic carbocycles. The van der Waals surface area contributed by atoms with Gasteiger partial charge in [0.05, 0.1) is 23.6 Å². The van der Waals surface area contributed by atoms with E-state index in [2.05, 4.69) is 46.2 Å². The summed E-state index contributed by atoms with van der Waals surface area (Å²) in [6.07, 6.45) is -0.439. The monoisotopic (exact) mass is 491 g/mol. The molecule has 0 spiro atoms. The maximum Gasteiger partial charge on any atom is 0.392 e. The van der Waals surface area contributed by atoms with E-state index in [1.807, 2.05) is 25.1 Å². The van der Waals surface area contributed by atoms with Crippen molar-refractivity contribution in [1.29, 1.82) is 0 Å². The van der Waals surface area contributed by atoms with Gasteiger partial charge in [0.15, 0.2) is 0 Å². The molecule has 0 aliphatic heterocycles. The van der Waals surface area contributed by atoms with Gasteiger partial charge < -0.3 is 5.11 Å². The molecule has 0 aliphatic carbocycles. The first-order chi connectivity index (χ1) is 13.2. The summed E-state index contributed by atoms with van der Waals surface area (Å²) in [6, 6.07) is 8.20. The Morgan fingerprint density at radius 1 is 1.29 bits per heavy atom. The smallest absolute Gasteiger partial charge is 0.391 e. The lowest BCUT2D eigenvalue weighted by Gasteiger charge is -2.01. The van der Waals surface area contributed by atoms with Crippen molar-refractivity contribution in [3.05, 3.63) is 75.7 Å². The second-order valence-corrected chi connectivity index (χ2v) is 8.53. The Kier molecular flexibility index (Phi) is 10.8. The average Bonchev–Trinajstić information content (AvgIpc) is 3.04. The highest BCUT2D eigenvalue weighted by Crippen LogP contribution is 2.30. The van der Waals surface area contributed by atoms with Crippen molar-refractivity contribution < 1.29 is 18.3 Å². The van der Waals surface area contributed by atoms with Gasteiger partial charge in [-0.2, -0.15) is 13.2 Å². The molecule has 0 aliphatic rings. The number of halogens is 4. The molecule has 0 saturated carbocycles. The van der Waals surface area contributed by atoms with E-state index >= 15 is 0 Å². The van der Waals surface area contributed by atoms with E-state index < -0.39 is 12.6 Å². The summed E-state index contributed by atoms with van der Waals surface area (Å²) in [4.78, 5) is 6.77. The zero-order valence-electron chi connectivity index (χ0n) is 15.3. The highest BCUT2D eigenvalue weighted by atomic mass is 79.9. The van der Waals surface area contributed by atoms with E-state index in [1.165, 1.54) is 4.90 Å². The van der Waals surface area contributed by atoms with Crippen LogP contribution in [0.25, 0.3) is 5.57 Å². The van der Waals surface area contributed by atoms with Crippen molar-refractivity contribution in [3.63, 3.8) is 0 Å². The number of allylic oxidation sites excluding steroid dienone is 4. The summed E-state index contributed by atoms with van der Waals surface area (Å²) in [7, 11) is 0. The van der Waals surface area contributed by atoms with Gasteiger partial charge >= 0.3 is 6.18 Å². The number of thiazole rings is 1. The zero-order chi connectivity index (χ0) is 21.2. The molecule has 2 rings (SSSR count). The number of thioether (sulfide) groups is 1. The van der Waals surface area contributed by atoms with Crippen molar-refractivity contribution in [2.75, 3.05) is 0 Å². The summed E-state index contributed by atoms with van der Waals surface area (Å²) in [5, 5.41) is 10.4. The van der Waals surface area contributed by atoms with Crippen LogP contribution in [0.1, 0.15) is 28.9 Å². The van der Waals surface area contributed by atoms with Crippen LogP contribution in [0.3, 0.4) is 0 Å². The molecule has 1 N–H and O–H groups in total. The second-order valence-electron chi connectivity index (χ2n) is 5.48. The van der Waals surface area contributed by atoms with Gasteiger partial charge in [-0.25, -0.2) is 4.98 Å². The Labute approximate surface area is 180 Å². The number of alkyl halides is 3. The van der Waals surface area contributed by atoms with Gasteiger partial charge in [0, 0.05) is 15.1 Å². The van der Waals surface area contributed by atoms with Gasteiger partial charge in [0.1, 0.15) is 5.01 Å². The van der Waals surface area contributed by atoms with Crippen molar-refractivity contribution in [3.8, 4) is 0 Å². The lowest BCUT2D eigenvalue weighted by molar-refractivity contribution is -0.124. The first kappa shape index (κ1) is 24.7. The van der Waals surface area contributed by atoms with Crippen LogP contribution in [0.15, 0.2) is 65.0 Å². The summed E-state index contributed by atoms with van der Waals surface area (Å²) < 4.78 is 34.0. The van der Waals surface area contributed by atoms with Gasteiger partial charge in [-0.05, 0) is 36.8 Å². The predicted molar refractivity (Wildman–Crippen MR) is 116 cm³/mol. The van der Waals surface area contributed by atoms with Crippen LogP contribution in [0.4, 0.5) is 13.2 Å². The number of hydrogen-bond donors (Lipinski definition) is 1. The molecule has 0 saturated heterocycles. The molecule has 0 unspecified atom stereocenters. The summed E-state index contributed by atoms with van der Waals surface area (Å²) in [5.41, 5.74) is 2.03. The average molecular weight is 492 g/mol. The summed E-state index contributed by atoms with van der Waals surface area (Å²) in [6.45, 7) is 8.67. The van der Waals surface area contributed by atoms with Gasteiger partial charge in [-0.3, -0.25) is 0 Å². The van der Waals surface area contributed by atoms with Gasteiger partial charge in [-0.15, -0.1) is 29.7 Å². The molecule has 2 nitrogen and oxygen atoms in total. The third-order valence-electron chi connectivity index (χ3n) is 3.19. The SMILES string of the molecule is C=C/C=C(\C)c1nc(CSc2ccc(Br)cc2)c(CO)s1.C=CCC(F)(F)F. The Bertz CT molecular complexity index is 799. The van der Waals surface area contributed by atoms with Gasteiger partial charge in [-0.1, -0.05) is 40.7 Å². The Morgan fingerprint density at radius 3 is 2.39 bits per heavy atom. The molecule has 28 heavy (non-hydrogen) atoms. The fourth-order valence-electron chi connectivity index (χ4n) is 1.88. The minimum atomic E-state index is -4.07. The standard InChI is InChI=1S/C16H16BrNOS2.C4H5F3/c1-3-4-11(2)16-18-14(15(9-19)21-16)10-20-13-7-5-12(17)6-8-13;1-2-3-4(5,6)7/h3-8,19H,1,9-10H2,2H3;2H,1,3H2/b11-4+;. The molecule has 0 bridgehead atoms. The third kappa shape index (κ3) is 9.23. The number of aliphatic hydroxyl groups is 1. The van der Waals surface area contributed by atoms with E-state index in [4.69, 9.17) is 0 Å². The summed E-state index contributed by atoms with van der Waals surface area (Å²) in [5.74, 6) is 0.759. The predicted octanol–water partition coefficient (Wildman–Crippen LogP) is 7.40. The molecule has 1 heterocycles. The number of aliphatic hydroxyl groups excluding tert-OH is 1. The molecule has 0 amide bonds. The Hall–Kier alpha value is -1.35. The normalized spacial score (nSPS) is 11.6. The van der Waals surface area contributed by atoms with Crippen LogP contribution < -0.4 is 0 Å². The third-order valence-corrected chi connectivity index (χ3v) is 5.96. The van der Waals surface area contributed by atoms with Gasteiger partial charge in [0.25, 0.3) is 0 Å². The minimum Gasteiger partial charge on any atom is -0.391 e. The largest absolute Gasteiger partial charge is 0.392 e. The van der Waals surface area contributed by atoms with Crippen LogP contribution in [0.5, 0.6) is 0 Å². The fourth-order valence-corrected chi connectivity index (χ4v) is 4.03. The van der Waals surface area contributed by atoms with E-state index in [0.717, 1.165) is 37.5 Å². The Morgan fingerprint density at radius 2 is 1.93 bits per heavy atom. The van der Waals surface area contributed by atoms with Crippen molar-refractivity contribution in [1.82, 2.24) is 4.98 Å². The second kappa shape index (κ2) is 12.3. The van der Waals surface area contributed by atoms with Crippen LogP contribution in [0, 0.1) is 0 Å².